The van der Waals surface area contributed by atoms with Gasteiger partial charge in [-0.1, -0.05) is 29.8 Å². The molecular weight excluding hydrogens is 284 g/mol. The van der Waals surface area contributed by atoms with Crippen LogP contribution in [0.5, 0.6) is 0 Å². The number of H-pyrrole nitrogens is 1. The molecule has 0 aliphatic carbocycles. The van der Waals surface area contributed by atoms with E-state index >= 15 is 0 Å². The molecule has 0 atom stereocenters. The molecule has 0 radical (unpaired) electrons. The fourth-order valence-corrected chi connectivity index (χ4v) is 2.41. The van der Waals surface area contributed by atoms with Gasteiger partial charge in [-0.25, -0.2) is 9.59 Å². The first-order valence-electron chi connectivity index (χ1n) is 6.67. The number of rotatable bonds is 1. The first kappa shape index (κ1) is 14.0. The number of nitrogens with one attached hydrogen (secondary N) is 1. The molecule has 0 spiro atoms. The van der Waals surface area contributed by atoms with Gasteiger partial charge >= 0.3 is 11.4 Å². The molecule has 0 unspecified atom stereocenters. The maximum atomic E-state index is 12.5. The minimum atomic E-state index is -0.605. The van der Waals surface area contributed by atoms with Crippen molar-refractivity contribution in [3.8, 4) is 11.3 Å². The third-order valence-corrected chi connectivity index (χ3v) is 3.66. The normalized spacial score (nSPS) is 11.0. The molecule has 2 heterocycles. The molecule has 0 saturated heterocycles. The van der Waals surface area contributed by atoms with Crippen LogP contribution < -0.4 is 16.9 Å². The van der Waals surface area contributed by atoms with Crippen molar-refractivity contribution in [1.29, 1.82) is 0 Å². The molecule has 0 aliphatic heterocycles. The molecule has 2 aromatic heterocycles. The van der Waals surface area contributed by atoms with Crippen molar-refractivity contribution in [3.05, 3.63) is 61.2 Å². The number of benzene rings is 1. The summed E-state index contributed by atoms with van der Waals surface area (Å²) in [7, 11) is 2.88. The maximum Gasteiger partial charge on any atom is 0.347 e. The second-order valence-corrected chi connectivity index (χ2v) is 5.19. The molecule has 1 N–H and O–H groups in total. The second kappa shape index (κ2) is 4.80. The van der Waals surface area contributed by atoms with Crippen molar-refractivity contribution >= 4 is 11.0 Å². The van der Waals surface area contributed by atoms with Crippen molar-refractivity contribution in [1.82, 2.24) is 19.1 Å². The number of hydrogen-bond donors (Lipinski definition) is 1. The monoisotopic (exact) mass is 298 g/mol. The summed E-state index contributed by atoms with van der Waals surface area (Å²) in [4.78, 5) is 42.6. The quantitative estimate of drug-likeness (QED) is 0.699. The summed E-state index contributed by atoms with van der Waals surface area (Å²) < 4.78 is 2.20. The first-order chi connectivity index (χ1) is 10.4. The lowest BCUT2D eigenvalue weighted by Crippen LogP contribution is -2.38. The van der Waals surface area contributed by atoms with Crippen molar-refractivity contribution in [3.63, 3.8) is 0 Å². The summed E-state index contributed by atoms with van der Waals surface area (Å²) in [5.74, 6) is 0. The summed E-state index contributed by atoms with van der Waals surface area (Å²) in [5.41, 5.74) is 0.573. The zero-order valence-electron chi connectivity index (χ0n) is 12.4. The van der Waals surface area contributed by atoms with Crippen LogP contribution in [0.15, 0.2) is 38.6 Å². The van der Waals surface area contributed by atoms with Crippen LogP contribution in [-0.2, 0) is 14.1 Å². The van der Waals surface area contributed by atoms with Gasteiger partial charge in [-0.05, 0) is 12.5 Å². The Morgan fingerprint density at radius 3 is 2.27 bits per heavy atom. The Labute approximate surface area is 124 Å². The van der Waals surface area contributed by atoms with Gasteiger partial charge in [0.25, 0.3) is 5.56 Å². The van der Waals surface area contributed by atoms with E-state index in [0.29, 0.717) is 11.3 Å². The number of aromatic nitrogens is 4. The van der Waals surface area contributed by atoms with Crippen molar-refractivity contribution in [2.24, 2.45) is 14.1 Å². The van der Waals surface area contributed by atoms with Crippen LogP contribution in [-0.4, -0.2) is 19.1 Å². The molecule has 0 saturated carbocycles. The topological polar surface area (TPSA) is 89.8 Å². The van der Waals surface area contributed by atoms with Crippen LogP contribution in [0.2, 0.25) is 0 Å². The Morgan fingerprint density at radius 2 is 1.64 bits per heavy atom. The van der Waals surface area contributed by atoms with E-state index in [0.717, 1.165) is 10.1 Å². The van der Waals surface area contributed by atoms with Gasteiger partial charge in [0.1, 0.15) is 5.39 Å². The van der Waals surface area contributed by atoms with Gasteiger partial charge in [-0.15, -0.1) is 0 Å². The predicted molar refractivity (Wildman–Crippen MR) is 83.0 cm³/mol. The van der Waals surface area contributed by atoms with Crippen LogP contribution >= 0.6 is 0 Å². The van der Waals surface area contributed by atoms with E-state index in [1.54, 1.807) is 0 Å². The molecule has 3 aromatic rings. The summed E-state index contributed by atoms with van der Waals surface area (Å²) in [6.45, 7) is 1.94. The molecule has 0 amide bonds. The molecule has 0 aliphatic rings. The lowest BCUT2D eigenvalue weighted by Gasteiger charge is -2.10. The summed E-state index contributed by atoms with van der Waals surface area (Å²) in [6.07, 6.45) is 0. The minimum Gasteiger partial charge on any atom is -0.304 e. The summed E-state index contributed by atoms with van der Waals surface area (Å²) in [5, 5.41) is 0.216. The second-order valence-electron chi connectivity index (χ2n) is 5.19. The van der Waals surface area contributed by atoms with E-state index in [-0.39, 0.29) is 11.0 Å². The molecule has 7 heteroatoms. The zero-order chi connectivity index (χ0) is 16.0. The predicted octanol–water partition coefficient (Wildman–Crippen LogP) is 0.296. The minimum absolute atomic E-state index is 0.0763. The van der Waals surface area contributed by atoms with Crippen LogP contribution in [0.1, 0.15) is 5.56 Å². The van der Waals surface area contributed by atoms with Crippen molar-refractivity contribution < 1.29 is 0 Å². The van der Waals surface area contributed by atoms with E-state index < -0.39 is 16.9 Å². The van der Waals surface area contributed by atoms with Crippen LogP contribution in [0.4, 0.5) is 0 Å². The third-order valence-electron chi connectivity index (χ3n) is 3.66. The van der Waals surface area contributed by atoms with Gasteiger partial charge in [0, 0.05) is 14.1 Å². The molecule has 0 fully saturated rings. The highest BCUT2D eigenvalue weighted by Crippen LogP contribution is 2.21. The SMILES string of the molecule is Cc1ccc(-c2[nH]c(=O)nc3c2c(=O)n(C)c(=O)n3C)cc1. The first-order valence-corrected chi connectivity index (χ1v) is 6.67. The summed E-state index contributed by atoms with van der Waals surface area (Å²) in [6, 6.07) is 7.38. The molecule has 22 heavy (non-hydrogen) atoms. The molecule has 0 bridgehead atoms. The smallest absolute Gasteiger partial charge is 0.304 e. The fourth-order valence-electron chi connectivity index (χ4n) is 2.41. The van der Waals surface area contributed by atoms with Gasteiger partial charge in [0.2, 0.25) is 0 Å². The van der Waals surface area contributed by atoms with Crippen molar-refractivity contribution in [2.75, 3.05) is 0 Å². The van der Waals surface area contributed by atoms with Crippen LogP contribution in [0.3, 0.4) is 0 Å². The Kier molecular flexibility index (Phi) is 3.05. The average molecular weight is 298 g/mol. The van der Waals surface area contributed by atoms with Gasteiger partial charge in [0.05, 0.1) is 5.69 Å². The lowest BCUT2D eigenvalue weighted by atomic mass is 10.1. The highest BCUT2D eigenvalue weighted by molar-refractivity contribution is 5.89. The van der Waals surface area contributed by atoms with Gasteiger partial charge in [0.15, 0.2) is 5.65 Å². The van der Waals surface area contributed by atoms with Crippen molar-refractivity contribution in [2.45, 2.75) is 6.92 Å². The average Bonchev–Trinajstić information content (AvgIpc) is 2.50. The van der Waals surface area contributed by atoms with E-state index in [1.165, 1.54) is 18.7 Å². The maximum absolute atomic E-state index is 12.5. The van der Waals surface area contributed by atoms with E-state index in [1.807, 2.05) is 31.2 Å². The van der Waals surface area contributed by atoms with Crippen LogP contribution in [0.25, 0.3) is 22.3 Å². The number of nitrogens with zero attached hydrogens (tertiary/aromatic N) is 3. The Balaban J connectivity index is 2.56. The number of aryl methyl sites for hydroxylation is 2. The fraction of sp³-hybridized carbons (Fsp3) is 0.200. The lowest BCUT2D eigenvalue weighted by molar-refractivity contribution is 0.705. The molecule has 112 valence electrons. The number of fused-ring (bicyclic) bond motifs is 1. The van der Waals surface area contributed by atoms with E-state index in [9.17, 15) is 14.4 Å². The zero-order valence-corrected chi connectivity index (χ0v) is 12.4. The third kappa shape index (κ3) is 1.98. The largest absolute Gasteiger partial charge is 0.347 e. The van der Waals surface area contributed by atoms with Gasteiger partial charge in [-0.3, -0.25) is 13.9 Å². The molecule has 7 nitrogen and oxygen atoms in total. The Bertz CT molecular complexity index is 1060. The number of hydrogen-bond acceptors (Lipinski definition) is 4. The molecular formula is C15H14N4O3. The van der Waals surface area contributed by atoms with Gasteiger partial charge in [-0.2, -0.15) is 4.98 Å². The van der Waals surface area contributed by atoms with Crippen LogP contribution in [0, 0.1) is 6.92 Å². The van der Waals surface area contributed by atoms with E-state index in [2.05, 4.69) is 9.97 Å². The Hall–Kier alpha value is -2.96. The summed E-state index contributed by atoms with van der Waals surface area (Å²) >= 11 is 0. The standard InChI is InChI=1S/C15H14N4O3/c1-8-4-6-9(7-5-8)11-10-12(17-14(21)16-11)18(2)15(22)19(3)13(10)20/h4-7H,1-3H3,(H,16,17,21). The highest BCUT2D eigenvalue weighted by atomic mass is 16.2. The molecule has 3 rings (SSSR count). The van der Waals surface area contributed by atoms with E-state index in [4.69, 9.17) is 0 Å². The number of aromatic amines is 1. The Morgan fingerprint density at radius 1 is 1.00 bits per heavy atom. The van der Waals surface area contributed by atoms with Gasteiger partial charge < -0.3 is 4.98 Å². The molecule has 1 aromatic carbocycles. The highest BCUT2D eigenvalue weighted by Gasteiger charge is 2.16.